The quantitative estimate of drug-likeness (QED) is 0.325. The molecule has 0 amide bonds. The lowest BCUT2D eigenvalue weighted by Gasteiger charge is -2.30. The van der Waals surface area contributed by atoms with Crippen LogP contribution in [0.25, 0.3) is 21.6 Å². The van der Waals surface area contributed by atoms with Crippen molar-refractivity contribution in [2.75, 3.05) is 11.0 Å². The molecule has 152 valence electrons. The van der Waals surface area contributed by atoms with Gasteiger partial charge >= 0.3 is 0 Å². The van der Waals surface area contributed by atoms with Gasteiger partial charge in [-0.1, -0.05) is 24.3 Å². The summed E-state index contributed by atoms with van der Waals surface area (Å²) in [5.74, 6) is 0.826. The molecule has 30 heavy (non-hydrogen) atoms. The number of nitrogens with one attached hydrogen (secondary N) is 1. The maximum Gasteiger partial charge on any atom is 0.229 e. The van der Waals surface area contributed by atoms with Crippen molar-refractivity contribution in [3.63, 3.8) is 0 Å². The Morgan fingerprint density at radius 1 is 1.03 bits per heavy atom. The van der Waals surface area contributed by atoms with E-state index in [2.05, 4.69) is 38.2 Å². The van der Waals surface area contributed by atoms with Crippen molar-refractivity contribution in [2.45, 2.75) is 6.10 Å². The monoisotopic (exact) mass is 517 g/mol. The second-order valence-corrected chi connectivity index (χ2v) is 12.2. The van der Waals surface area contributed by atoms with Crippen LogP contribution in [0.15, 0.2) is 69.8 Å². The van der Waals surface area contributed by atoms with Crippen molar-refractivity contribution in [3.8, 4) is 27.3 Å². The molecule has 0 saturated heterocycles. The summed E-state index contributed by atoms with van der Waals surface area (Å²) in [7, 11) is -3.38. The fourth-order valence-corrected chi connectivity index (χ4v) is 6.49. The number of thiophene rings is 2. The maximum atomic E-state index is 11.8. The first kappa shape index (κ1) is 19.8. The first-order chi connectivity index (χ1) is 14.4. The van der Waals surface area contributed by atoms with Gasteiger partial charge in [0.2, 0.25) is 10.0 Å². The van der Waals surface area contributed by atoms with Crippen LogP contribution < -0.4 is 9.46 Å². The zero-order chi connectivity index (χ0) is 20.9. The highest BCUT2D eigenvalue weighted by Gasteiger charge is 2.31. The number of ether oxygens (including phenoxy) is 1. The Bertz CT molecular complexity index is 1340. The van der Waals surface area contributed by atoms with E-state index in [1.165, 1.54) is 0 Å². The molecule has 1 unspecified atom stereocenters. The molecule has 1 aliphatic rings. The summed E-state index contributed by atoms with van der Waals surface area (Å²) in [6.07, 6.45) is 0.838. The van der Waals surface area contributed by atoms with E-state index in [9.17, 15) is 8.42 Å². The molecule has 4 nitrogen and oxygen atoms in total. The summed E-state index contributed by atoms with van der Waals surface area (Å²) < 4.78 is 33.7. The highest BCUT2D eigenvalue weighted by molar-refractivity contribution is 9.11. The Labute approximate surface area is 191 Å². The van der Waals surface area contributed by atoms with Gasteiger partial charge in [-0.25, -0.2) is 8.42 Å². The fourth-order valence-electron chi connectivity index (χ4n) is 3.70. The number of halogens is 1. The molecule has 2 aromatic carbocycles. The molecular formula is C22H16BrNO3S3. The second kappa shape index (κ2) is 7.53. The van der Waals surface area contributed by atoms with E-state index in [1.807, 2.05) is 48.5 Å². The van der Waals surface area contributed by atoms with E-state index in [0.29, 0.717) is 5.69 Å². The minimum absolute atomic E-state index is 0.316. The predicted molar refractivity (Wildman–Crippen MR) is 128 cm³/mol. The van der Waals surface area contributed by atoms with Crippen LogP contribution in [0.5, 0.6) is 5.75 Å². The lowest BCUT2D eigenvalue weighted by Crippen LogP contribution is -2.16. The smallest absolute Gasteiger partial charge is 0.229 e. The largest absolute Gasteiger partial charge is 0.479 e. The maximum absolute atomic E-state index is 11.8. The average Bonchev–Trinajstić information content (AvgIpc) is 3.37. The van der Waals surface area contributed by atoms with Gasteiger partial charge < -0.3 is 4.74 Å². The Balaban J connectivity index is 1.73. The molecule has 5 rings (SSSR count). The molecule has 0 bridgehead atoms. The van der Waals surface area contributed by atoms with Crippen LogP contribution in [-0.2, 0) is 10.0 Å². The summed E-state index contributed by atoms with van der Waals surface area (Å²) in [6, 6.07) is 19.9. The van der Waals surface area contributed by atoms with Crippen LogP contribution in [0.2, 0.25) is 0 Å². The van der Waals surface area contributed by atoms with Crippen LogP contribution in [0, 0.1) is 0 Å². The number of sulfonamides is 1. The molecule has 1 N–H and O–H groups in total. The molecule has 1 aliphatic heterocycles. The predicted octanol–water partition coefficient (Wildman–Crippen LogP) is 6.76. The highest BCUT2D eigenvalue weighted by atomic mass is 79.9. The lowest BCUT2D eigenvalue weighted by atomic mass is 9.88. The Morgan fingerprint density at radius 3 is 2.60 bits per heavy atom. The van der Waals surface area contributed by atoms with E-state index in [-0.39, 0.29) is 6.10 Å². The van der Waals surface area contributed by atoms with E-state index in [4.69, 9.17) is 4.74 Å². The molecule has 8 heteroatoms. The standard InChI is InChI=1S/C22H16BrNO3S3/c1-30(25,26)24-13-7-8-14-16(12-13)22(19-9-10-20(23)29-19)27-17-5-2-4-15(21(14)17)18-6-3-11-28-18/h2-12,22,24H,1H3. The molecule has 0 saturated carbocycles. The molecule has 0 spiro atoms. The van der Waals surface area contributed by atoms with Crippen LogP contribution in [0.1, 0.15) is 16.5 Å². The van der Waals surface area contributed by atoms with Gasteiger partial charge in [-0.15, -0.1) is 22.7 Å². The van der Waals surface area contributed by atoms with Gasteiger partial charge in [-0.2, -0.15) is 0 Å². The number of hydrogen-bond acceptors (Lipinski definition) is 5. The van der Waals surface area contributed by atoms with Crippen molar-refractivity contribution in [1.82, 2.24) is 0 Å². The Kier molecular flexibility index (Phi) is 4.97. The summed E-state index contributed by atoms with van der Waals surface area (Å²) in [5.41, 5.74) is 4.66. The van der Waals surface area contributed by atoms with E-state index in [1.54, 1.807) is 22.7 Å². The fraction of sp³-hybridized carbons (Fsp3) is 0.0909. The first-order valence-electron chi connectivity index (χ1n) is 9.10. The summed E-state index contributed by atoms with van der Waals surface area (Å²) in [5, 5.41) is 2.06. The van der Waals surface area contributed by atoms with E-state index < -0.39 is 10.0 Å². The van der Waals surface area contributed by atoms with Crippen molar-refractivity contribution >= 4 is 54.3 Å². The van der Waals surface area contributed by atoms with Gasteiger partial charge in [0.1, 0.15) is 5.75 Å². The number of rotatable bonds is 4. The SMILES string of the molecule is CS(=O)(=O)Nc1ccc2c(c1)C(c1ccc(Br)s1)Oc1cccc(-c3cccs3)c1-2. The minimum atomic E-state index is -3.38. The van der Waals surface area contributed by atoms with Gasteiger partial charge in [0, 0.05) is 27.3 Å². The number of fused-ring (bicyclic) bond motifs is 3. The molecule has 2 aromatic heterocycles. The summed E-state index contributed by atoms with van der Waals surface area (Å²) in [6.45, 7) is 0. The van der Waals surface area contributed by atoms with Gasteiger partial charge in [-0.3, -0.25) is 4.72 Å². The topological polar surface area (TPSA) is 55.4 Å². The first-order valence-corrected chi connectivity index (χ1v) is 13.5. The van der Waals surface area contributed by atoms with Crippen molar-refractivity contribution in [2.24, 2.45) is 0 Å². The molecule has 4 aromatic rings. The van der Waals surface area contributed by atoms with Crippen LogP contribution in [-0.4, -0.2) is 14.7 Å². The summed E-state index contributed by atoms with van der Waals surface area (Å²) >= 11 is 6.83. The summed E-state index contributed by atoms with van der Waals surface area (Å²) in [4.78, 5) is 2.21. The zero-order valence-corrected chi connectivity index (χ0v) is 19.8. The third-order valence-corrected chi connectivity index (χ3v) is 7.99. The van der Waals surface area contributed by atoms with Crippen LogP contribution in [0.4, 0.5) is 5.69 Å². The average molecular weight is 518 g/mol. The van der Waals surface area contributed by atoms with Crippen molar-refractivity contribution in [1.29, 1.82) is 0 Å². The Hall–Kier alpha value is -2.13. The Morgan fingerprint density at radius 2 is 1.90 bits per heavy atom. The molecule has 0 radical (unpaired) electrons. The van der Waals surface area contributed by atoms with Crippen LogP contribution in [0.3, 0.4) is 0 Å². The van der Waals surface area contributed by atoms with Crippen LogP contribution >= 0.6 is 38.6 Å². The van der Waals surface area contributed by atoms with Gasteiger partial charge in [0.15, 0.2) is 6.10 Å². The van der Waals surface area contributed by atoms with Gasteiger partial charge in [0.05, 0.1) is 14.9 Å². The third kappa shape index (κ3) is 3.69. The van der Waals surface area contributed by atoms with Crippen molar-refractivity contribution < 1.29 is 13.2 Å². The zero-order valence-electron chi connectivity index (χ0n) is 15.8. The number of hydrogen-bond donors (Lipinski definition) is 1. The molecule has 0 aliphatic carbocycles. The molecule has 3 heterocycles. The number of benzene rings is 2. The van der Waals surface area contributed by atoms with Gasteiger partial charge in [0.25, 0.3) is 0 Å². The normalized spacial score (nSPS) is 15.2. The highest BCUT2D eigenvalue weighted by Crippen LogP contribution is 2.51. The minimum Gasteiger partial charge on any atom is -0.479 e. The van der Waals surface area contributed by atoms with Crippen molar-refractivity contribution in [3.05, 3.63) is 80.3 Å². The number of anilines is 1. The van der Waals surface area contributed by atoms with Gasteiger partial charge in [-0.05, 0) is 63.3 Å². The lowest BCUT2D eigenvalue weighted by molar-refractivity contribution is 0.247. The van der Waals surface area contributed by atoms with E-state index in [0.717, 1.165) is 47.8 Å². The molecular weight excluding hydrogens is 502 g/mol. The molecule has 0 fully saturated rings. The second-order valence-electron chi connectivity index (χ2n) is 6.97. The van der Waals surface area contributed by atoms with E-state index >= 15 is 0 Å². The molecule has 1 atom stereocenters. The third-order valence-electron chi connectivity index (χ3n) is 4.82.